The molecule has 0 bridgehead atoms. The number of aromatic nitrogens is 2. The van der Waals surface area contributed by atoms with Gasteiger partial charge >= 0.3 is 0 Å². The molecule has 11 rings (SSSR count). The van der Waals surface area contributed by atoms with Crippen molar-refractivity contribution in [1.82, 2.24) is 9.97 Å². The Morgan fingerprint density at radius 2 is 0.818 bits per heavy atom. The molecule has 3 nitrogen and oxygen atoms in total. The van der Waals surface area contributed by atoms with Crippen molar-refractivity contribution >= 4 is 54.4 Å². The van der Waals surface area contributed by atoms with Crippen molar-refractivity contribution in [2.75, 3.05) is 0 Å². The molecule has 0 spiro atoms. The van der Waals surface area contributed by atoms with Crippen LogP contribution in [0.15, 0.2) is 199 Å². The van der Waals surface area contributed by atoms with Gasteiger partial charge in [0.15, 0.2) is 5.82 Å². The predicted molar refractivity (Wildman–Crippen MR) is 229 cm³/mol. The van der Waals surface area contributed by atoms with E-state index in [1.807, 2.05) is 0 Å². The highest BCUT2D eigenvalue weighted by Gasteiger charge is 2.23. The maximum atomic E-state index is 6.88. The molecule has 0 saturated heterocycles. The van der Waals surface area contributed by atoms with Crippen molar-refractivity contribution in [3.63, 3.8) is 0 Å². The van der Waals surface area contributed by atoms with E-state index < -0.39 is 0 Å². The van der Waals surface area contributed by atoms with Gasteiger partial charge in [0, 0.05) is 21.9 Å². The number of rotatable bonds is 5. The third-order valence-corrected chi connectivity index (χ3v) is 10.9. The average molecular weight is 701 g/mol. The van der Waals surface area contributed by atoms with Crippen LogP contribution in [0, 0.1) is 0 Å². The monoisotopic (exact) mass is 700 g/mol. The molecule has 0 radical (unpaired) electrons. The maximum absolute atomic E-state index is 6.88. The summed E-state index contributed by atoms with van der Waals surface area (Å²) >= 11 is 0. The quantitative estimate of drug-likeness (QED) is 0.168. The highest BCUT2D eigenvalue weighted by molar-refractivity contribution is 6.31. The molecule has 11 aromatic rings. The van der Waals surface area contributed by atoms with Crippen LogP contribution >= 0.6 is 0 Å². The minimum absolute atomic E-state index is 0.579. The van der Waals surface area contributed by atoms with Crippen LogP contribution in [0.2, 0.25) is 0 Å². The predicted octanol–water partition coefficient (Wildman–Crippen LogP) is 14.2. The second-order valence-corrected chi connectivity index (χ2v) is 14.1. The van der Waals surface area contributed by atoms with E-state index in [2.05, 4.69) is 194 Å². The first kappa shape index (κ1) is 31.2. The van der Waals surface area contributed by atoms with Gasteiger partial charge in [-0.05, 0) is 72.4 Å². The van der Waals surface area contributed by atoms with Crippen LogP contribution in [0.4, 0.5) is 0 Å². The summed E-state index contributed by atoms with van der Waals surface area (Å²) in [6, 6.07) is 68.7. The molecule has 0 aliphatic heterocycles. The average Bonchev–Trinajstić information content (AvgIpc) is 3.67. The van der Waals surface area contributed by atoms with Gasteiger partial charge in [0.1, 0.15) is 5.58 Å². The highest BCUT2D eigenvalue weighted by Crippen LogP contribution is 2.44. The van der Waals surface area contributed by atoms with Crippen LogP contribution in [-0.2, 0) is 0 Å². The molecular weight excluding hydrogens is 669 g/mol. The summed E-state index contributed by atoms with van der Waals surface area (Å²) in [5.74, 6) is 0.637. The van der Waals surface area contributed by atoms with Crippen molar-refractivity contribution in [2.45, 2.75) is 0 Å². The molecule has 55 heavy (non-hydrogen) atoms. The zero-order valence-corrected chi connectivity index (χ0v) is 29.8. The first-order chi connectivity index (χ1) is 27.3. The molecular formula is C52H32N2O. The van der Waals surface area contributed by atoms with Gasteiger partial charge in [-0.2, -0.15) is 4.98 Å². The molecule has 256 valence electrons. The summed E-state index contributed by atoms with van der Waals surface area (Å²) in [6.07, 6.45) is 0. The van der Waals surface area contributed by atoms with Gasteiger partial charge in [0.05, 0.1) is 11.1 Å². The molecule has 0 unspecified atom stereocenters. The van der Waals surface area contributed by atoms with Crippen LogP contribution in [-0.4, -0.2) is 9.97 Å². The third kappa shape index (κ3) is 5.20. The Kier molecular flexibility index (Phi) is 7.17. The first-order valence-electron chi connectivity index (χ1n) is 18.7. The highest BCUT2D eigenvalue weighted by atomic mass is 16.3. The molecule has 0 fully saturated rings. The topological polar surface area (TPSA) is 38.9 Å². The molecule has 0 amide bonds. The number of hydrogen-bond acceptors (Lipinski definition) is 3. The molecule has 0 N–H and O–H groups in total. The molecule has 2 aromatic heterocycles. The summed E-state index contributed by atoms with van der Waals surface area (Å²) in [5.41, 5.74) is 11.3. The van der Waals surface area contributed by atoms with Gasteiger partial charge in [-0.25, -0.2) is 4.98 Å². The fourth-order valence-corrected chi connectivity index (χ4v) is 8.26. The van der Waals surface area contributed by atoms with E-state index in [1.165, 1.54) is 27.6 Å². The normalized spacial score (nSPS) is 11.6. The van der Waals surface area contributed by atoms with Crippen molar-refractivity contribution in [3.8, 4) is 56.0 Å². The zero-order valence-electron chi connectivity index (χ0n) is 29.8. The summed E-state index contributed by atoms with van der Waals surface area (Å²) in [6.45, 7) is 0. The van der Waals surface area contributed by atoms with Crippen molar-refractivity contribution < 1.29 is 4.42 Å². The fraction of sp³-hybridized carbons (Fsp3) is 0. The minimum atomic E-state index is 0.579. The minimum Gasteiger partial charge on any atom is -0.437 e. The maximum Gasteiger partial charge on any atom is 0.231 e. The summed E-state index contributed by atoms with van der Waals surface area (Å²) in [7, 11) is 0. The summed E-state index contributed by atoms with van der Waals surface area (Å²) < 4.78 is 6.88. The summed E-state index contributed by atoms with van der Waals surface area (Å²) in [4.78, 5) is 10.7. The Balaban J connectivity index is 1.12. The molecule has 0 aliphatic rings. The van der Waals surface area contributed by atoms with E-state index in [0.29, 0.717) is 11.5 Å². The number of fused-ring (bicyclic) bond motifs is 9. The third-order valence-electron chi connectivity index (χ3n) is 10.9. The molecule has 0 atom stereocenters. The van der Waals surface area contributed by atoms with Gasteiger partial charge in [-0.3, -0.25) is 0 Å². The fourth-order valence-electron chi connectivity index (χ4n) is 8.26. The van der Waals surface area contributed by atoms with E-state index in [0.717, 1.165) is 71.2 Å². The van der Waals surface area contributed by atoms with Gasteiger partial charge in [0.25, 0.3) is 0 Å². The standard InChI is InChI=1S/C52H32N2O/c1-2-13-33(14-3-1)34-27-29-35(30-28-34)37-17-10-18-38(31-37)39-19-11-20-40(32-39)49-48-47-44-24-8-6-22-42(44)43-23-7-9-25-45(43)50(47)55-52(48)54-51(53-49)46-26-12-16-36-15-4-5-21-41(36)46/h1-32H. The van der Waals surface area contributed by atoms with Crippen LogP contribution in [0.3, 0.4) is 0 Å². The van der Waals surface area contributed by atoms with Crippen LogP contribution in [0.25, 0.3) is 110 Å². The van der Waals surface area contributed by atoms with E-state index >= 15 is 0 Å². The van der Waals surface area contributed by atoms with Gasteiger partial charge in [-0.1, -0.05) is 182 Å². The Labute approximate surface area is 317 Å². The number of furan rings is 1. The van der Waals surface area contributed by atoms with Crippen LogP contribution in [0.1, 0.15) is 0 Å². The SMILES string of the molecule is c1ccc(-c2ccc(-c3cccc(-c4cccc(-c5nc(-c6cccc7ccccc67)nc6oc7c8ccccc8c8ccccc8c7c56)c4)c3)cc2)cc1. The van der Waals surface area contributed by atoms with Crippen molar-refractivity contribution in [1.29, 1.82) is 0 Å². The summed E-state index contributed by atoms with van der Waals surface area (Å²) in [5, 5.41) is 8.73. The van der Waals surface area contributed by atoms with Crippen molar-refractivity contribution in [3.05, 3.63) is 194 Å². The molecule has 3 heteroatoms. The smallest absolute Gasteiger partial charge is 0.231 e. The van der Waals surface area contributed by atoms with Crippen LogP contribution < -0.4 is 0 Å². The lowest BCUT2D eigenvalue weighted by molar-refractivity contribution is 0.657. The van der Waals surface area contributed by atoms with Crippen molar-refractivity contribution in [2.24, 2.45) is 0 Å². The van der Waals surface area contributed by atoms with E-state index in [9.17, 15) is 0 Å². The van der Waals surface area contributed by atoms with Crippen LogP contribution in [0.5, 0.6) is 0 Å². The number of hydrogen-bond donors (Lipinski definition) is 0. The lowest BCUT2D eigenvalue weighted by atomic mass is 9.94. The Hall–Kier alpha value is -7.36. The second kappa shape index (κ2) is 12.6. The molecule has 9 aromatic carbocycles. The first-order valence-corrected chi connectivity index (χ1v) is 18.7. The Morgan fingerprint density at radius 3 is 1.56 bits per heavy atom. The van der Waals surface area contributed by atoms with Gasteiger partial charge in [0.2, 0.25) is 5.71 Å². The largest absolute Gasteiger partial charge is 0.437 e. The number of nitrogens with zero attached hydrogens (tertiary/aromatic N) is 2. The molecule has 0 saturated carbocycles. The lowest BCUT2D eigenvalue weighted by Gasteiger charge is -2.12. The Morgan fingerprint density at radius 1 is 0.327 bits per heavy atom. The second-order valence-electron chi connectivity index (χ2n) is 14.1. The number of benzene rings is 9. The zero-order chi connectivity index (χ0) is 36.3. The van der Waals surface area contributed by atoms with Gasteiger partial charge in [-0.15, -0.1) is 0 Å². The van der Waals surface area contributed by atoms with E-state index in [-0.39, 0.29) is 0 Å². The van der Waals surface area contributed by atoms with E-state index in [4.69, 9.17) is 14.4 Å². The molecule has 2 heterocycles. The van der Waals surface area contributed by atoms with Gasteiger partial charge < -0.3 is 4.42 Å². The molecule has 0 aliphatic carbocycles. The Bertz CT molecular complexity index is 3250. The lowest BCUT2D eigenvalue weighted by Crippen LogP contribution is -1.95. The van der Waals surface area contributed by atoms with E-state index in [1.54, 1.807) is 0 Å².